The molecule has 0 saturated carbocycles. The summed E-state index contributed by atoms with van der Waals surface area (Å²) in [6, 6.07) is 12.4. The fourth-order valence-corrected chi connectivity index (χ4v) is 2.98. The summed E-state index contributed by atoms with van der Waals surface area (Å²) in [5.74, 6) is -0.646. The van der Waals surface area contributed by atoms with Gasteiger partial charge in [0.15, 0.2) is 0 Å². The molecule has 1 heterocycles. The highest BCUT2D eigenvalue weighted by Gasteiger charge is 2.35. The zero-order valence-electron chi connectivity index (χ0n) is 13.1. The van der Waals surface area contributed by atoms with Crippen LogP contribution in [0.1, 0.15) is 12.0 Å². The predicted octanol–water partition coefficient (Wildman–Crippen LogP) is 4.29. The van der Waals surface area contributed by atoms with Crippen molar-refractivity contribution in [1.29, 1.82) is 0 Å². The molecule has 24 heavy (non-hydrogen) atoms. The van der Waals surface area contributed by atoms with Gasteiger partial charge in [0.2, 0.25) is 11.8 Å². The molecule has 2 amide bonds. The smallest absolute Gasteiger partial charge is 0.229 e. The van der Waals surface area contributed by atoms with Gasteiger partial charge < -0.3 is 10.2 Å². The van der Waals surface area contributed by atoms with Gasteiger partial charge >= 0.3 is 0 Å². The standard InChI is InChI=1S/C18H16Cl2N2O2/c1-11-2-5-14(9-16(11)20)21-18(24)12-8-17(23)22(10-12)15-6-3-13(19)4-7-15/h2-7,9,12H,8,10H2,1H3,(H,21,24)/t12-/m0/s1. The van der Waals surface area contributed by atoms with Gasteiger partial charge in [-0.25, -0.2) is 0 Å². The molecule has 1 aliphatic rings. The first-order valence-corrected chi connectivity index (χ1v) is 8.32. The number of amides is 2. The van der Waals surface area contributed by atoms with E-state index in [1.807, 2.05) is 13.0 Å². The SMILES string of the molecule is Cc1ccc(NC(=O)[C@H]2CC(=O)N(c3ccc(Cl)cc3)C2)cc1Cl. The highest BCUT2D eigenvalue weighted by molar-refractivity contribution is 6.31. The third kappa shape index (κ3) is 3.55. The van der Waals surface area contributed by atoms with E-state index >= 15 is 0 Å². The second kappa shape index (κ2) is 6.83. The third-order valence-corrected chi connectivity index (χ3v) is 4.73. The summed E-state index contributed by atoms with van der Waals surface area (Å²) in [5.41, 5.74) is 2.32. The molecule has 1 saturated heterocycles. The quantitative estimate of drug-likeness (QED) is 0.884. The lowest BCUT2D eigenvalue weighted by Gasteiger charge is -2.17. The first-order valence-electron chi connectivity index (χ1n) is 7.57. The minimum atomic E-state index is -0.395. The summed E-state index contributed by atoms with van der Waals surface area (Å²) >= 11 is 11.9. The van der Waals surface area contributed by atoms with Crippen LogP contribution in [0.5, 0.6) is 0 Å². The van der Waals surface area contributed by atoms with E-state index in [0.29, 0.717) is 22.3 Å². The lowest BCUT2D eigenvalue weighted by atomic mass is 10.1. The number of nitrogens with zero attached hydrogens (tertiary/aromatic N) is 1. The van der Waals surface area contributed by atoms with Crippen LogP contribution in [0, 0.1) is 12.8 Å². The molecule has 1 atom stereocenters. The molecule has 1 N–H and O–H groups in total. The zero-order valence-corrected chi connectivity index (χ0v) is 14.6. The van der Waals surface area contributed by atoms with E-state index in [1.54, 1.807) is 41.3 Å². The van der Waals surface area contributed by atoms with Crippen LogP contribution in [0.2, 0.25) is 10.0 Å². The Morgan fingerprint density at radius 3 is 2.54 bits per heavy atom. The molecule has 6 heteroatoms. The van der Waals surface area contributed by atoms with Crippen molar-refractivity contribution in [2.75, 3.05) is 16.8 Å². The second-order valence-corrected chi connectivity index (χ2v) is 6.68. The zero-order chi connectivity index (χ0) is 17.3. The molecule has 2 aromatic rings. The van der Waals surface area contributed by atoms with Gasteiger partial charge in [-0.05, 0) is 48.9 Å². The maximum absolute atomic E-state index is 12.4. The van der Waals surface area contributed by atoms with Crippen LogP contribution in [-0.2, 0) is 9.59 Å². The molecule has 0 unspecified atom stereocenters. The fraction of sp³-hybridized carbons (Fsp3) is 0.222. The molecule has 3 rings (SSSR count). The maximum atomic E-state index is 12.4. The fourth-order valence-electron chi connectivity index (χ4n) is 2.67. The van der Waals surface area contributed by atoms with Crippen LogP contribution in [0.3, 0.4) is 0 Å². The lowest BCUT2D eigenvalue weighted by Crippen LogP contribution is -2.28. The van der Waals surface area contributed by atoms with E-state index in [9.17, 15) is 9.59 Å². The molecular formula is C18H16Cl2N2O2. The summed E-state index contributed by atoms with van der Waals surface area (Å²) in [5, 5.41) is 4.03. The van der Waals surface area contributed by atoms with Crippen LogP contribution in [0.4, 0.5) is 11.4 Å². The molecule has 4 nitrogen and oxygen atoms in total. The van der Waals surface area contributed by atoms with Crippen molar-refractivity contribution in [3.63, 3.8) is 0 Å². The largest absolute Gasteiger partial charge is 0.326 e. The Balaban J connectivity index is 1.69. The van der Waals surface area contributed by atoms with Crippen LogP contribution in [0.25, 0.3) is 0 Å². The molecule has 0 radical (unpaired) electrons. The molecule has 0 aliphatic carbocycles. The van der Waals surface area contributed by atoms with Crippen LogP contribution in [0.15, 0.2) is 42.5 Å². The van der Waals surface area contributed by atoms with E-state index < -0.39 is 5.92 Å². The molecule has 2 aromatic carbocycles. The number of halogens is 2. The number of aryl methyl sites for hydroxylation is 1. The van der Waals surface area contributed by atoms with Gasteiger partial charge in [-0.1, -0.05) is 29.3 Å². The average Bonchev–Trinajstić information content (AvgIpc) is 2.94. The molecule has 0 bridgehead atoms. The van der Waals surface area contributed by atoms with Crippen molar-refractivity contribution in [2.24, 2.45) is 5.92 Å². The molecular weight excluding hydrogens is 347 g/mol. The van der Waals surface area contributed by atoms with Gasteiger partial charge in [0.25, 0.3) is 0 Å². The molecule has 124 valence electrons. The Morgan fingerprint density at radius 1 is 1.17 bits per heavy atom. The lowest BCUT2D eigenvalue weighted by molar-refractivity contribution is -0.122. The van der Waals surface area contributed by atoms with Crippen LogP contribution >= 0.6 is 23.2 Å². The van der Waals surface area contributed by atoms with Crippen molar-refractivity contribution in [2.45, 2.75) is 13.3 Å². The Hall–Kier alpha value is -2.04. The highest BCUT2D eigenvalue weighted by atomic mass is 35.5. The number of hydrogen-bond acceptors (Lipinski definition) is 2. The van der Waals surface area contributed by atoms with Crippen LogP contribution in [-0.4, -0.2) is 18.4 Å². The summed E-state index contributed by atoms with van der Waals surface area (Å²) in [7, 11) is 0. The van der Waals surface area contributed by atoms with Gasteiger partial charge in [-0.3, -0.25) is 9.59 Å². The topological polar surface area (TPSA) is 49.4 Å². The molecule has 0 aromatic heterocycles. The van der Waals surface area contributed by atoms with E-state index in [4.69, 9.17) is 23.2 Å². The Kier molecular flexibility index (Phi) is 4.78. The summed E-state index contributed by atoms with van der Waals surface area (Å²) in [6.45, 7) is 2.25. The van der Waals surface area contributed by atoms with Gasteiger partial charge in [-0.15, -0.1) is 0 Å². The number of nitrogens with one attached hydrogen (secondary N) is 1. The van der Waals surface area contributed by atoms with Crippen molar-refractivity contribution >= 4 is 46.4 Å². The average molecular weight is 363 g/mol. The van der Waals surface area contributed by atoms with Crippen LogP contribution < -0.4 is 10.2 Å². The number of rotatable bonds is 3. The minimum Gasteiger partial charge on any atom is -0.326 e. The van der Waals surface area contributed by atoms with Gasteiger partial charge in [0, 0.05) is 34.4 Å². The maximum Gasteiger partial charge on any atom is 0.229 e. The number of hydrogen-bond donors (Lipinski definition) is 1. The molecule has 1 fully saturated rings. The van der Waals surface area contributed by atoms with E-state index in [0.717, 1.165) is 11.3 Å². The summed E-state index contributed by atoms with van der Waals surface area (Å²) in [6.07, 6.45) is 0.189. The molecule has 1 aliphatic heterocycles. The number of anilines is 2. The van der Waals surface area contributed by atoms with Gasteiger partial charge in [0.1, 0.15) is 0 Å². The third-order valence-electron chi connectivity index (χ3n) is 4.07. The normalized spacial score (nSPS) is 17.2. The summed E-state index contributed by atoms with van der Waals surface area (Å²) in [4.78, 5) is 26.3. The van der Waals surface area contributed by atoms with Gasteiger partial charge in [0.05, 0.1) is 5.92 Å². The number of carbonyl (C=O) groups excluding carboxylic acids is 2. The number of carbonyl (C=O) groups is 2. The molecule has 0 spiro atoms. The van der Waals surface area contributed by atoms with E-state index in [1.165, 1.54) is 0 Å². The van der Waals surface area contributed by atoms with Crippen molar-refractivity contribution in [1.82, 2.24) is 0 Å². The second-order valence-electron chi connectivity index (χ2n) is 5.84. The summed E-state index contributed by atoms with van der Waals surface area (Å²) < 4.78 is 0. The van der Waals surface area contributed by atoms with E-state index in [-0.39, 0.29) is 18.2 Å². The number of benzene rings is 2. The minimum absolute atomic E-state index is 0.0700. The Labute approximate surface area is 150 Å². The monoisotopic (exact) mass is 362 g/mol. The van der Waals surface area contributed by atoms with Crippen molar-refractivity contribution in [3.8, 4) is 0 Å². The van der Waals surface area contributed by atoms with Crippen molar-refractivity contribution in [3.05, 3.63) is 58.1 Å². The Bertz CT molecular complexity index is 790. The predicted molar refractivity (Wildman–Crippen MR) is 96.7 cm³/mol. The van der Waals surface area contributed by atoms with Crippen molar-refractivity contribution < 1.29 is 9.59 Å². The highest BCUT2D eigenvalue weighted by Crippen LogP contribution is 2.27. The Morgan fingerprint density at radius 2 is 1.88 bits per heavy atom. The first-order chi connectivity index (χ1) is 11.4. The first kappa shape index (κ1) is 16.8. The van der Waals surface area contributed by atoms with E-state index in [2.05, 4.69) is 5.32 Å². The van der Waals surface area contributed by atoms with Gasteiger partial charge in [-0.2, -0.15) is 0 Å².